The van der Waals surface area contributed by atoms with Gasteiger partial charge in [-0.05, 0) is 42.9 Å². The molecule has 1 aliphatic carbocycles. The molecule has 1 saturated carbocycles. The first-order valence-electron chi connectivity index (χ1n) is 7.75. The summed E-state index contributed by atoms with van der Waals surface area (Å²) >= 11 is 0. The number of nitrogens with two attached hydrogens (primary N) is 1. The van der Waals surface area contributed by atoms with Gasteiger partial charge in [-0.25, -0.2) is 13.1 Å². The number of benzene rings is 1. The molecule has 1 aliphatic rings. The van der Waals surface area contributed by atoms with Crippen molar-refractivity contribution in [2.24, 2.45) is 11.7 Å². The van der Waals surface area contributed by atoms with Crippen molar-refractivity contribution in [3.8, 4) is 0 Å². The minimum Gasteiger partial charge on any atom is -0.326 e. The van der Waals surface area contributed by atoms with Gasteiger partial charge in [0.15, 0.2) is 0 Å². The molecule has 0 radical (unpaired) electrons. The van der Waals surface area contributed by atoms with Crippen molar-refractivity contribution in [1.29, 1.82) is 0 Å². The first-order chi connectivity index (χ1) is 9.88. The molecular formula is C16H26N2O2S. The molecule has 2 rings (SSSR count). The first kappa shape index (κ1) is 16.5. The van der Waals surface area contributed by atoms with E-state index in [9.17, 15) is 8.42 Å². The minimum atomic E-state index is -3.47. The fourth-order valence-electron chi connectivity index (χ4n) is 2.85. The van der Waals surface area contributed by atoms with Crippen LogP contribution in [-0.4, -0.2) is 20.5 Å². The summed E-state index contributed by atoms with van der Waals surface area (Å²) < 4.78 is 27.6. The Morgan fingerprint density at radius 2 is 1.81 bits per heavy atom. The normalized spacial score (nSPS) is 23.4. The Labute approximate surface area is 128 Å². The van der Waals surface area contributed by atoms with Gasteiger partial charge in [0.05, 0.1) is 4.90 Å². The largest absolute Gasteiger partial charge is 0.326 e. The third-order valence-electron chi connectivity index (χ3n) is 4.00. The lowest BCUT2D eigenvalue weighted by Crippen LogP contribution is -2.49. The molecule has 118 valence electrons. The molecule has 2 atom stereocenters. The van der Waals surface area contributed by atoms with Crippen LogP contribution in [0.2, 0.25) is 0 Å². The number of hydrogen-bond donors (Lipinski definition) is 2. The molecule has 1 aromatic carbocycles. The van der Waals surface area contributed by atoms with Crippen molar-refractivity contribution >= 4 is 10.0 Å². The van der Waals surface area contributed by atoms with E-state index in [1.165, 1.54) is 5.56 Å². The van der Waals surface area contributed by atoms with Gasteiger partial charge >= 0.3 is 0 Å². The third-order valence-corrected chi connectivity index (χ3v) is 5.51. The van der Waals surface area contributed by atoms with Gasteiger partial charge < -0.3 is 5.73 Å². The Hall–Kier alpha value is -0.910. The van der Waals surface area contributed by atoms with Gasteiger partial charge in [0.1, 0.15) is 0 Å². The molecule has 0 saturated heterocycles. The highest BCUT2D eigenvalue weighted by Gasteiger charge is 2.27. The van der Waals surface area contributed by atoms with E-state index in [1.807, 2.05) is 12.1 Å². The van der Waals surface area contributed by atoms with Crippen molar-refractivity contribution in [3.05, 3.63) is 29.8 Å². The van der Waals surface area contributed by atoms with Crippen LogP contribution in [0.15, 0.2) is 29.2 Å². The molecule has 5 heteroatoms. The smallest absolute Gasteiger partial charge is 0.240 e. The van der Waals surface area contributed by atoms with Gasteiger partial charge in [-0.15, -0.1) is 0 Å². The highest BCUT2D eigenvalue weighted by atomic mass is 32.2. The van der Waals surface area contributed by atoms with Crippen LogP contribution < -0.4 is 10.5 Å². The predicted octanol–water partition coefficient (Wildman–Crippen LogP) is 2.43. The molecule has 0 amide bonds. The van der Waals surface area contributed by atoms with Crippen molar-refractivity contribution < 1.29 is 8.42 Å². The molecule has 0 heterocycles. The van der Waals surface area contributed by atoms with Crippen molar-refractivity contribution in [3.63, 3.8) is 0 Å². The third kappa shape index (κ3) is 4.53. The first-order valence-corrected chi connectivity index (χ1v) is 9.23. The van der Waals surface area contributed by atoms with Crippen molar-refractivity contribution in [1.82, 2.24) is 4.72 Å². The van der Waals surface area contributed by atoms with E-state index in [1.54, 1.807) is 12.1 Å². The van der Waals surface area contributed by atoms with Crippen molar-refractivity contribution in [2.45, 2.75) is 62.9 Å². The summed E-state index contributed by atoms with van der Waals surface area (Å²) in [7, 11) is -3.47. The van der Waals surface area contributed by atoms with Crippen LogP contribution in [0.5, 0.6) is 0 Å². The second-order valence-electron chi connectivity index (χ2n) is 6.42. The van der Waals surface area contributed by atoms with E-state index in [0.717, 1.165) is 32.1 Å². The Bertz CT molecular complexity index is 552. The van der Waals surface area contributed by atoms with E-state index in [2.05, 4.69) is 18.6 Å². The quantitative estimate of drug-likeness (QED) is 0.877. The second kappa shape index (κ2) is 6.90. The zero-order valence-electron chi connectivity index (χ0n) is 12.9. The SMILES string of the molecule is CC(C)Cc1ccc(S(=O)(=O)NC2CCCCC2N)cc1. The lowest BCUT2D eigenvalue weighted by atomic mass is 9.92. The molecule has 0 bridgehead atoms. The van der Waals surface area contributed by atoms with Crippen LogP contribution in [-0.2, 0) is 16.4 Å². The van der Waals surface area contributed by atoms with Gasteiger partial charge in [0, 0.05) is 12.1 Å². The molecule has 4 nitrogen and oxygen atoms in total. The molecule has 3 N–H and O–H groups in total. The lowest BCUT2D eigenvalue weighted by Gasteiger charge is -2.29. The minimum absolute atomic E-state index is 0.0752. The Morgan fingerprint density at radius 3 is 2.38 bits per heavy atom. The average Bonchev–Trinajstić information content (AvgIpc) is 2.41. The molecule has 0 aromatic heterocycles. The summed E-state index contributed by atoms with van der Waals surface area (Å²) in [6.07, 6.45) is 4.80. The van der Waals surface area contributed by atoms with Crippen LogP contribution in [0.4, 0.5) is 0 Å². The maximum Gasteiger partial charge on any atom is 0.240 e. The van der Waals surface area contributed by atoms with Crippen LogP contribution in [0.25, 0.3) is 0 Å². The Kier molecular flexibility index (Phi) is 5.41. The zero-order valence-corrected chi connectivity index (χ0v) is 13.7. The van der Waals surface area contributed by atoms with Gasteiger partial charge in [-0.1, -0.05) is 38.8 Å². The predicted molar refractivity (Wildman–Crippen MR) is 85.5 cm³/mol. The zero-order chi connectivity index (χ0) is 15.5. The topological polar surface area (TPSA) is 72.2 Å². The molecule has 2 unspecified atom stereocenters. The van der Waals surface area contributed by atoms with Crippen LogP contribution in [0.1, 0.15) is 45.1 Å². The van der Waals surface area contributed by atoms with E-state index >= 15 is 0 Å². The fraction of sp³-hybridized carbons (Fsp3) is 0.625. The Morgan fingerprint density at radius 1 is 1.19 bits per heavy atom. The lowest BCUT2D eigenvalue weighted by molar-refractivity contribution is 0.361. The summed E-state index contributed by atoms with van der Waals surface area (Å²) in [5.41, 5.74) is 7.18. The summed E-state index contributed by atoms with van der Waals surface area (Å²) in [5.74, 6) is 0.561. The molecular weight excluding hydrogens is 284 g/mol. The van der Waals surface area contributed by atoms with Gasteiger partial charge in [-0.2, -0.15) is 0 Å². The maximum absolute atomic E-state index is 12.4. The number of nitrogens with one attached hydrogen (secondary N) is 1. The van der Waals surface area contributed by atoms with E-state index in [4.69, 9.17) is 5.73 Å². The average molecular weight is 310 g/mol. The monoisotopic (exact) mass is 310 g/mol. The highest BCUT2D eigenvalue weighted by molar-refractivity contribution is 7.89. The molecule has 0 aliphatic heterocycles. The summed E-state index contributed by atoms with van der Waals surface area (Å²) in [6.45, 7) is 4.30. The molecule has 1 aromatic rings. The second-order valence-corrected chi connectivity index (χ2v) is 8.13. The van der Waals surface area contributed by atoms with Crippen molar-refractivity contribution in [2.75, 3.05) is 0 Å². The Balaban J connectivity index is 2.08. The van der Waals surface area contributed by atoms with Gasteiger partial charge in [-0.3, -0.25) is 0 Å². The molecule has 0 spiro atoms. The maximum atomic E-state index is 12.4. The van der Waals surface area contributed by atoms with Crippen LogP contribution in [0, 0.1) is 5.92 Å². The van der Waals surface area contributed by atoms with Gasteiger partial charge in [0.2, 0.25) is 10.0 Å². The van der Waals surface area contributed by atoms with Gasteiger partial charge in [0.25, 0.3) is 0 Å². The highest BCUT2D eigenvalue weighted by Crippen LogP contribution is 2.20. The standard InChI is InChI=1S/C16H26N2O2S/c1-12(2)11-13-7-9-14(10-8-13)21(19,20)18-16-6-4-3-5-15(16)17/h7-10,12,15-16,18H,3-6,11,17H2,1-2H3. The number of sulfonamides is 1. The molecule has 21 heavy (non-hydrogen) atoms. The van der Waals surface area contributed by atoms with Crippen LogP contribution >= 0.6 is 0 Å². The fourth-order valence-corrected chi connectivity index (χ4v) is 4.17. The summed E-state index contributed by atoms with van der Waals surface area (Å²) in [4.78, 5) is 0.327. The number of hydrogen-bond acceptors (Lipinski definition) is 3. The molecule has 1 fully saturated rings. The number of rotatable bonds is 5. The van der Waals surface area contributed by atoms with Crippen LogP contribution in [0.3, 0.4) is 0 Å². The van der Waals surface area contributed by atoms with E-state index in [0.29, 0.717) is 10.8 Å². The summed E-state index contributed by atoms with van der Waals surface area (Å²) in [5, 5.41) is 0. The summed E-state index contributed by atoms with van der Waals surface area (Å²) in [6, 6.07) is 6.96. The van der Waals surface area contributed by atoms with E-state index in [-0.39, 0.29) is 12.1 Å². The van der Waals surface area contributed by atoms with E-state index < -0.39 is 10.0 Å².